The van der Waals surface area contributed by atoms with E-state index >= 15 is 0 Å². The van der Waals surface area contributed by atoms with Crippen LogP contribution in [0.5, 0.6) is 0 Å². The van der Waals surface area contributed by atoms with Crippen LogP contribution in [0, 0.1) is 0 Å². The van der Waals surface area contributed by atoms with E-state index in [4.69, 9.17) is 4.74 Å². The average Bonchev–Trinajstić information content (AvgIpc) is 3.23. The first-order chi connectivity index (χ1) is 12.8. The third kappa shape index (κ3) is 3.19. The minimum Gasteiger partial charge on any atom is -0.379 e. The fraction of sp³-hybridized carbons (Fsp3) is 0.500. The number of hydrogen-bond acceptors (Lipinski definition) is 5. The van der Waals surface area contributed by atoms with Gasteiger partial charge in [-0.25, -0.2) is 31.9 Å². The summed E-state index contributed by atoms with van der Waals surface area (Å²) in [6.45, 7) is 1.11. The van der Waals surface area contributed by atoms with E-state index in [1.54, 1.807) is 12.3 Å². The molecule has 1 aliphatic rings. The van der Waals surface area contributed by atoms with Gasteiger partial charge in [-0.3, -0.25) is 0 Å². The fourth-order valence-electron chi connectivity index (χ4n) is 3.33. The minimum absolute atomic E-state index is 0.0188. The molecule has 27 heavy (non-hydrogen) atoms. The number of halogens is 2. The van der Waals surface area contributed by atoms with Crippen LogP contribution >= 0.6 is 0 Å². The number of ether oxygens (including phenoxy) is 1. The molecule has 0 saturated carbocycles. The lowest BCUT2D eigenvalue weighted by Crippen LogP contribution is -2.41. The van der Waals surface area contributed by atoms with Crippen LogP contribution in [0.2, 0.25) is 0 Å². The Balaban J connectivity index is 1.91. The number of nitrogens with zero attached hydrogens (tertiary/aromatic N) is 3. The van der Waals surface area contributed by atoms with Crippen LogP contribution in [0.1, 0.15) is 25.2 Å². The topological polar surface area (TPSA) is 102 Å². The van der Waals surface area contributed by atoms with E-state index in [0.29, 0.717) is 22.1 Å². The highest BCUT2D eigenvalue weighted by Gasteiger charge is 2.45. The maximum atomic E-state index is 14.7. The van der Waals surface area contributed by atoms with Crippen LogP contribution in [0.4, 0.5) is 8.78 Å². The van der Waals surface area contributed by atoms with Crippen molar-refractivity contribution in [3.63, 3.8) is 0 Å². The Kier molecular flexibility index (Phi) is 4.40. The molecule has 0 amide bonds. The molecule has 8 nitrogen and oxygen atoms in total. The molecule has 0 spiro atoms. The van der Waals surface area contributed by atoms with Crippen molar-refractivity contribution in [1.29, 1.82) is 0 Å². The zero-order valence-corrected chi connectivity index (χ0v) is 15.4. The Morgan fingerprint density at radius 3 is 3.04 bits per heavy atom. The molecule has 1 atom stereocenters. The lowest BCUT2D eigenvalue weighted by molar-refractivity contribution is -0.132. The third-order valence-corrected chi connectivity index (χ3v) is 6.14. The van der Waals surface area contributed by atoms with Crippen LogP contribution in [0.15, 0.2) is 18.5 Å². The van der Waals surface area contributed by atoms with E-state index in [-0.39, 0.29) is 31.3 Å². The number of aromatic nitrogens is 4. The molecule has 3 aromatic heterocycles. The van der Waals surface area contributed by atoms with Crippen LogP contribution in [0.3, 0.4) is 0 Å². The zero-order valence-electron chi connectivity index (χ0n) is 14.6. The van der Waals surface area contributed by atoms with Crippen LogP contribution < -0.4 is 4.72 Å². The largest absolute Gasteiger partial charge is 0.379 e. The molecule has 0 aliphatic carbocycles. The SMILES string of the molecule is CCS(=O)(=O)NCc1nc2cnc3[nH]ccc3c2n1C1COCCC1(F)F. The van der Waals surface area contributed by atoms with Crippen molar-refractivity contribution >= 4 is 32.1 Å². The van der Waals surface area contributed by atoms with Gasteiger partial charge >= 0.3 is 0 Å². The van der Waals surface area contributed by atoms with Crippen molar-refractivity contribution in [3.8, 4) is 0 Å². The van der Waals surface area contributed by atoms with E-state index in [9.17, 15) is 17.2 Å². The van der Waals surface area contributed by atoms with Crippen molar-refractivity contribution in [2.75, 3.05) is 19.0 Å². The van der Waals surface area contributed by atoms with Gasteiger partial charge in [0, 0.05) is 18.0 Å². The van der Waals surface area contributed by atoms with Crippen molar-refractivity contribution in [2.24, 2.45) is 0 Å². The number of sulfonamides is 1. The number of imidazole rings is 1. The molecule has 0 aromatic carbocycles. The lowest BCUT2D eigenvalue weighted by Gasteiger charge is -2.33. The normalized spacial score (nSPS) is 20.5. The number of rotatable bonds is 5. The molecule has 3 aromatic rings. The van der Waals surface area contributed by atoms with Gasteiger partial charge in [-0.1, -0.05) is 0 Å². The second-order valence-corrected chi connectivity index (χ2v) is 8.55. The number of H-pyrrole nitrogens is 1. The average molecular weight is 399 g/mol. The molecule has 146 valence electrons. The number of hydrogen-bond donors (Lipinski definition) is 2. The number of nitrogens with one attached hydrogen (secondary N) is 2. The number of aromatic amines is 1. The van der Waals surface area contributed by atoms with E-state index in [2.05, 4.69) is 19.7 Å². The van der Waals surface area contributed by atoms with Crippen LogP contribution in [-0.4, -0.2) is 52.8 Å². The molecule has 4 heterocycles. The highest BCUT2D eigenvalue weighted by atomic mass is 32.2. The Morgan fingerprint density at radius 1 is 1.48 bits per heavy atom. The smallest absolute Gasteiger partial charge is 0.272 e. The first kappa shape index (κ1) is 18.3. The van der Waals surface area contributed by atoms with E-state index in [1.807, 2.05) is 0 Å². The van der Waals surface area contributed by atoms with Crippen molar-refractivity contribution in [3.05, 3.63) is 24.3 Å². The van der Waals surface area contributed by atoms with Gasteiger partial charge in [0.1, 0.15) is 23.0 Å². The summed E-state index contributed by atoms with van der Waals surface area (Å²) in [5.41, 5.74) is 1.46. The first-order valence-electron chi connectivity index (χ1n) is 8.58. The molecule has 1 unspecified atom stereocenters. The van der Waals surface area contributed by atoms with Crippen molar-refractivity contribution < 1.29 is 21.9 Å². The second kappa shape index (κ2) is 6.50. The Morgan fingerprint density at radius 2 is 2.30 bits per heavy atom. The summed E-state index contributed by atoms with van der Waals surface area (Å²) in [4.78, 5) is 11.6. The second-order valence-electron chi connectivity index (χ2n) is 6.46. The monoisotopic (exact) mass is 399 g/mol. The molecule has 4 rings (SSSR count). The predicted molar refractivity (Wildman–Crippen MR) is 95.1 cm³/mol. The maximum absolute atomic E-state index is 14.7. The van der Waals surface area contributed by atoms with Gasteiger partial charge in [0.2, 0.25) is 10.0 Å². The molecule has 1 fully saturated rings. The molecular formula is C16H19F2N5O3S. The van der Waals surface area contributed by atoms with E-state index in [1.165, 1.54) is 17.7 Å². The number of pyridine rings is 1. The Bertz CT molecular complexity index is 1090. The van der Waals surface area contributed by atoms with Gasteiger partial charge in [0.05, 0.1) is 37.2 Å². The van der Waals surface area contributed by atoms with Crippen molar-refractivity contribution in [1.82, 2.24) is 24.2 Å². The summed E-state index contributed by atoms with van der Waals surface area (Å²) in [5.74, 6) is -2.91. The molecular weight excluding hydrogens is 380 g/mol. The highest BCUT2D eigenvalue weighted by molar-refractivity contribution is 7.89. The molecule has 1 aliphatic heterocycles. The molecule has 0 bridgehead atoms. The van der Waals surface area contributed by atoms with Gasteiger partial charge in [-0.15, -0.1) is 0 Å². The quantitative estimate of drug-likeness (QED) is 0.683. The Hall–Kier alpha value is -2.11. The van der Waals surface area contributed by atoms with Crippen molar-refractivity contribution in [2.45, 2.75) is 31.9 Å². The fourth-order valence-corrected chi connectivity index (χ4v) is 3.89. The van der Waals surface area contributed by atoms with E-state index in [0.717, 1.165) is 0 Å². The minimum atomic E-state index is -3.51. The third-order valence-electron chi connectivity index (χ3n) is 4.79. The van der Waals surface area contributed by atoms with Gasteiger partial charge in [-0.05, 0) is 13.0 Å². The highest BCUT2D eigenvalue weighted by Crippen LogP contribution is 2.39. The summed E-state index contributed by atoms with van der Waals surface area (Å²) >= 11 is 0. The summed E-state index contributed by atoms with van der Waals surface area (Å²) in [7, 11) is -3.51. The van der Waals surface area contributed by atoms with Gasteiger partial charge in [0.25, 0.3) is 5.92 Å². The summed E-state index contributed by atoms with van der Waals surface area (Å²) in [5, 5.41) is 0.644. The molecule has 11 heteroatoms. The van der Waals surface area contributed by atoms with Crippen LogP contribution in [0.25, 0.3) is 22.1 Å². The molecule has 1 saturated heterocycles. The van der Waals surface area contributed by atoms with E-state index < -0.39 is 28.4 Å². The zero-order chi connectivity index (χ0) is 19.2. The standard InChI is InChI=1S/C16H19F2N5O3S/c1-2-27(24,25)21-8-13-22-11-7-20-15-10(3-5-19-15)14(11)23(13)12-9-26-6-4-16(12,17)18/h3,5,7,12,21H,2,4,6,8-9H2,1H3,(H,19,20). The van der Waals surface area contributed by atoms with Gasteiger partial charge in [-0.2, -0.15) is 0 Å². The Labute approximate surface area is 154 Å². The molecule has 0 radical (unpaired) electrons. The number of fused-ring (bicyclic) bond motifs is 3. The van der Waals surface area contributed by atoms with Crippen LogP contribution in [-0.2, 0) is 21.3 Å². The first-order valence-corrected chi connectivity index (χ1v) is 10.2. The summed E-state index contributed by atoms with van der Waals surface area (Å²) in [6.07, 6.45) is 2.76. The maximum Gasteiger partial charge on any atom is 0.272 e. The molecule has 2 N–H and O–H groups in total. The predicted octanol–water partition coefficient (Wildman–Crippen LogP) is 1.95. The number of alkyl halides is 2. The van der Waals surface area contributed by atoms with Gasteiger partial charge in [0.15, 0.2) is 0 Å². The van der Waals surface area contributed by atoms with Gasteiger partial charge < -0.3 is 14.3 Å². The summed E-state index contributed by atoms with van der Waals surface area (Å²) < 4.78 is 62.2. The lowest BCUT2D eigenvalue weighted by atomic mass is 10.0. The summed E-state index contributed by atoms with van der Waals surface area (Å²) in [6, 6.07) is 0.461.